The number of hydrogen-bond donors (Lipinski definition) is 2. The number of aromatic nitrogens is 3. The molecular formula is C11H11N3S. The minimum absolute atomic E-state index is 0.472. The maximum Gasteiger partial charge on any atom is 0.213 e. The number of H-pyrrole nitrogens is 2. The molecular weight excluding hydrogens is 206 g/mol. The fourth-order valence-electron chi connectivity index (χ4n) is 1.30. The lowest BCUT2D eigenvalue weighted by molar-refractivity contribution is 1.07. The molecule has 0 fully saturated rings. The van der Waals surface area contributed by atoms with Crippen LogP contribution in [0.2, 0.25) is 0 Å². The van der Waals surface area contributed by atoms with Crippen LogP contribution in [0.5, 0.6) is 0 Å². The van der Waals surface area contributed by atoms with Gasteiger partial charge in [-0.3, -0.25) is 10.2 Å². The molecule has 15 heavy (non-hydrogen) atoms. The van der Waals surface area contributed by atoms with Crippen LogP contribution >= 0.6 is 12.2 Å². The van der Waals surface area contributed by atoms with Gasteiger partial charge in [0.15, 0.2) is 0 Å². The maximum atomic E-state index is 4.86. The highest BCUT2D eigenvalue weighted by atomic mass is 32.1. The van der Waals surface area contributed by atoms with Crippen LogP contribution in [0.1, 0.15) is 17.0 Å². The molecule has 1 heterocycles. The number of rotatable bonds is 2. The summed E-state index contributed by atoms with van der Waals surface area (Å²) in [5, 5.41) is 5.62. The van der Waals surface area contributed by atoms with Gasteiger partial charge >= 0.3 is 0 Å². The second kappa shape index (κ2) is 4.23. The number of nitrogens with one attached hydrogen (secondary N) is 2. The SMILES string of the molecule is Cc1ccccc1C=Cc1nc(=S)[nH][nH]1. The van der Waals surface area contributed by atoms with E-state index in [1.807, 2.05) is 24.3 Å². The van der Waals surface area contributed by atoms with Gasteiger partial charge < -0.3 is 0 Å². The van der Waals surface area contributed by atoms with Crippen LogP contribution in [0, 0.1) is 11.7 Å². The van der Waals surface area contributed by atoms with Crippen molar-refractivity contribution in [3.63, 3.8) is 0 Å². The molecule has 2 rings (SSSR count). The summed E-state index contributed by atoms with van der Waals surface area (Å²) in [6, 6.07) is 8.17. The van der Waals surface area contributed by atoms with Crippen LogP contribution in [0.3, 0.4) is 0 Å². The molecule has 2 N–H and O–H groups in total. The number of aryl methyl sites for hydroxylation is 1. The molecule has 1 aromatic carbocycles. The lowest BCUT2D eigenvalue weighted by atomic mass is 10.1. The van der Waals surface area contributed by atoms with E-state index in [0.717, 1.165) is 5.82 Å². The zero-order valence-corrected chi connectivity index (χ0v) is 9.14. The van der Waals surface area contributed by atoms with E-state index in [2.05, 4.69) is 34.2 Å². The second-order valence-corrected chi connectivity index (χ2v) is 3.63. The summed E-state index contributed by atoms with van der Waals surface area (Å²) in [5.74, 6) is 0.739. The van der Waals surface area contributed by atoms with Crippen molar-refractivity contribution in [1.29, 1.82) is 0 Å². The molecule has 0 aliphatic heterocycles. The Kier molecular flexibility index (Phi) is 2.78. The zero-order valence-electron chi connectivity index (χ0n) is 8.32. The Morgan fingerprint density at radius 3 is 2.67 bits per heavy atom. The highest BCUT2D eigenvalue weighted by Crippen LogP contribution is 2.10. The first kappa shape index (κ1) is 9.86. The van der Waals surface area contributed by atoms with Crippen molar-refractivity contribution in [2.75, 3.05) is 0 Å². The largest absolute Gasteiger partial charge is 0.282 e. The van der Waals surface area contributed by atoms with Crippen LogP contribution in [-0.4, -0.2) is 15.2 Å². The molecule has 76 valence electrons. The van der Waals surface area contributed by atoms with Gasteiger partial charge in [-0.25, -0.2) is 4.98 Å². The van der Waals surface area contributed by atoms with Gasteiger partial charge in [-0.05, 0) is 36.3 Å². The Bertz CT molecular complexity index is 537. The third-order valence-electron chi connectivity index (χ3n) is 2.13. The first-order chi connectivity index (χ1) is 7.25. The molecule has 0 aliphatic rings. The monoisotopic (exact) mass is 217 g/mol. The smallest absolute Gasteiger partial charge is 0.213 e. The Labute approximate surface area is 92.9 Å². The quantitative estimate of drug-likeness (QED) is 0.760. The van der Waals surface area contributed by atoms with Gasteiger partial charge in [0.25, 0.3) is 0 Å². The van der Waals surface area contributed by atoms with E-state index < -0.39 is 0 Å². The van der Waals surface area contributed by atoms with E-state index in [9.17, 15) is 0 Å². The lowest BCUT2D eigenvalue weighted by Gasteiger charge is -1.97. The highest BCUT2D eigenvalue weighted by Gasteiger charge is 1.92. The van der Waals surface area contributed by atoms with Crippen molar-refractivity contribution in [2.45, 2.75) is 6.92 Å². The molecule has 4 heteroatoms. The van der Waals surface area contributed by atoms with E-state index in [1.54, 1.807) is 0 Å². The van der Waals surface area contributed by atoms with Crippen LogP contribution in [0.15, 0.2) is 24.3 Å². The van der Waals surface area contributed by atoms with E-state index in [1.165, 1.54) is 11.1 Å². The molecule has 0 aliphatic carbocycles. The summed E-state index contributed by atoms with van der Waals surface area (Å²) in [4.78, 5) is 4.07. The Morgan fingerprint density at radius 2 is 2.00 bits per heavy atom. The fraction of sp³-hybridized carbons (Fsp3) is 0.0909. The Balaban J connectivity index is 2.26. The summed E-state index contributed by atoms with van der Waals surface area (Å²) >= 11 is 4.86. The lowest BCUT2D eigenvalue weighted by Crippen LogP contribution is -1.79. The predicted octanol–water partition coefficient (Wildman–Crippen LogP) is 2.95. The average molecular weight is 217 g/mol. The molecule has 0 unspecified atom stereocenters. The fourth-order valence-corrected chi connectivity index (χ4v) is 1.45. The van der Waals surface area contributed by atoms with E-state index >= 15 is 0 Å². The van der Waals surface area contributed by atoms with Crippen LogP contribution in [-0.2, 0) is 0 Å². The zero-order chi connectivity index (χ0) is 10.7. The minimum atomic E-state index is 0.472. The summed E-state index contributed by atoms with van der Waals surface area (Å²) in [6.45, 7) is 2.08. The molecule has 0 bridgehead atoms. The molecule has 0 amide bonds. The Morgan fingerprint density at radius 1 is 1.20 bits per heavy atom. The average Bonchev–Trinajstić information content (AvgIpc) is 2.63. The molecule has 0 spiro atoms. The summed E-state index contributed by atoms with van der Waals surface area (Å²) in [7, 11) is 0. The molecule has 0 atom stereocenters. The molecule has 3 nitrogen and oxygen atoms in total. The van der Waals surface area contributed by atoms with Gasteiger partial charge in [-0.2, -0.15) is 0 Å². The second-order valence-electron chi connectivity index (χ2n) is 3.24. The normalized spacial score (nSPS) is 11.0. The Hall–Kier alpha value is -1.68. The first-order valence-corrected chi connectivity index (χ1v) is 5.05. The van der Waals surface area contributed by atoms with Crippen molar-refractivity contribution in [1.82, 2.24) is 15.2 Å². The van der Waals surface area contributed by atoms with Gasteiger partial charge in [-0.15, -0.1) is 0 Å². The number of aromatic amines is 2. The highest BCUT2D eigenvalue weighted by molar-refractivity contribution is 7.71. The van der Waals surface area contributed by atoms with Crippen LogP contribution in [0.25, 0.3) is 12.2 Å². The number of benzene rings is 1. The van der Waals surface area contributed by atoms with Gasteiger partial charge in [0, 0.05) is 0 Å². The van der Waals surface area contributed by atoms with Gasteiger partial charge in [-0.1, -0.05) is 30.3 Å². The molecule has 0 saturated heterocycles. The molecule has 0 saturated carbocycles. The van der Waals surface area contributed by atoms with E-state index in [0.29, 0.717) is 4.77 Å². The third-order valence-corrected chi connectivity index (χ3v) is 2.32. The third kappa shape index (κ3) is 2.41. The standard InChI is InChI=1S/C11H11N3S/c1-8-4-2-3-5-9(8)6-7-10-12-11(15)14-13-10/h2-7H,1H3,(H2,12,13,14,15). The van der Waals surface area contributed by atoms with Crippen LogP contribution in [0.4, 0.5) is 0 Å². The topological polar surface area (TPSA) is 44.5 Å². The molecule has 1 aromatic heterocycles. The minimum Gasteiger partial charge on any atom is -0.282 e. The molecule has 0 radical (unpaired) electrons. The molecule has 2 aromatic rings. The summed E-state index contributed by atoms with van der Waals surface area (Å²) < 4.78 is 0.472. The van der Waals surface area contributed by atoms with E-state index in [-0.39, 0.29) is 0 Å². The van der Waals surface area contributed by atoms with Gasteiger partial charge in [0.05, 0.1) is 0 Å². The van der Waals surface area contributed by atoms with Crippen molar-refractivity contribution < 1.29 is 0 Å². The van der Waals surface area contributed by atoms with Crippen molar-refractivity contribution in [3.8, 4) is 0 Å². The summed E-state index contributed by atoms with van der Waals surface area (Å²) in [6.07, 6.45) is 3.91. The number of hydrogen-bond acceptors (Lipinski definition) is 2. The maximum absolute atomic E-state index is 4.86. The van der Waals surface area contributed by atoms with Gasteiger partial charge in [0.2, 0.25) is 4.77 Å². The van der Waals surface area contributed by atoms with Crippen molar-refractivity contribution >= 4 is 24.4 Å². The predicted molar refractivity (Wildman–Crippen MR) is 63.9 cm³/mol. The van der Waals surface area contributed by atoms with E-state index in [4.69, 9.17) is 12.2 Å². The van der Waals surface area contributed by atoms with Crippen molar-refractivity contribution in [3.05, 3.63) is 46.0 Å². The van der Waals surface area contributed by atoms with Crippen LogP contribution < -0.4 is 0 Å². The number of nitrogens with zero attached hydrogens (tertiary/aromatic N) is 1. The van der Waals surface area contributed by atoms with Gasteiger partial charge in [0.1, 0.15) is 5.82 Å². The van der Waals surface area contributed by atoms with Crippen molar-refractivity contribution in [2.24, 2.45) is 0 Å². The summed E-state index contributed by atoms with van der Waals surface area (Å²) in [5.41, 5.74) is 2.42. The first-order valence-electron chi connectivity index (χ1n) is 4.64.